The van der Waals surface area contributed by atoms with Crippen LogP contribution in [0.3, 0.4) is 0 Å². The van der Waals surface area contributed by atoms with E-state index in [2.05, 4.69) is 25.1 Å². The van der Waals surface area contributed by atoms with Gasteiger partial charge in [-0.15, -0.1) is 0 Å². The van der Waals surface area contributed by atoms with Gasteiger partial charge >= 0.3 is 0 Å². The number of Topliss-reactive ketones (excluding diaryl/α,β-unsaturated/α-hetero) is 1. The van der Waals surface area contributed by atoms with Crippen molar-refractivity contribution in [3.8, 4) is 0 Å². The Labute approximate surface area is 170 Å². The number of carbonyl (C=O) groups excluding carboxylic acids is 1. The van der Waals surface area contributed by atoms with Crippen molar-refractivity contribution in [2.45, 2.75) is 91.4 Å². The van der Waals surface area contributed by atoms with Crippen molar-refractivity contribution < 1.29 is 10.0 Å². The normalized spacial score (nSPS) is 51.5. The zero-order valence-electron chi connectivity index (χ0n) is 18.0. The first-order valence-corrected chi connectivity index (χ1v) is 11.8. The molecule has 154 valence electrons. The van der Waals surface area contributed by atoms with E-state index in [-0.39, 0.29) is 16.2 Å². The Morgan fingerprint density at radius 2 is 1.89 bits per heavy atom. The molecule has 0 radical (unpaired) electrons. The molecule has 7 atom stereocenters. The van der Waals surface area contributed by atoms with E-state index in [1.54, 1.807) is 0 Å². The van der Waals surface area contributed by atoms with E-state index in [4.69, 9.17) is 0 Å². The van der Waals surface area contributed by atoms with Gasteiger partial charge in [-0.2, -0.15) is 0 Å². The highest BCUT2D eigenvalue weighted by atomic mass is 16.4. The summed E-state index contributed by atoms with van der Waals surface area (Å²) < 4.78 is 0. The minimum absolute atomic E-state index is 0.0266. The predicted molar refractivity (Wildman–Crippen MR) is 111 cm³/mol. The summed E-state index contributed by atoms with van der Waals surface area (Å²) in [5, 5.41) is 12.8. The summed E-state index contributed by atoms with van der Waals surface area (Å²) in [6, 6.07) is 0. The predicted octanol–water partition coefficient (Wildman–Crippen LogP) is 6.15. The Morgan fingerprint density at radius 3 is 2.64 bits per heavy atom. The summed E-state index contributed by atoms with van der Waals surface area (Å²) >= 11 is 0. The molecule has 5 aliphatic carbocycles. The molecule has 3 heteroatoms. The van der Waals surface area contributed by atoms with E-state index >= 15 is 0 Å². The third-order valence-electron chi connectivity index (χ3n) is 10.8. The number of ketones is 1. The van der Waals surface area contributed by atoms with Crippen LogP contribution in [0.1, 0.15) is 91.4 Å². The van der Waals surface area contributed by atoms with Gasteiger partial charge in [0.05, 0.1) is 5.71 Å². The van der Waals surface area contributed by atoms with Gasteiger partial charge in [0.2, 0.25) is 0 Å². The molecule has 0 bridgehead atoms. The van der Waals surface area contributed by atoms with Crippen LogP contribution < -0.4 is 0 Å². The maximum absolute atomic E-state index is 13.1. The van der Waals surface area contributed by atoms with Gasteiger partial charge in [0.1, 0.15) is 5.78 Å². The summed E-state index contributed by atoms with van der Waals surface area (Å²) in [6.45, 7) is 6.93. The van der Waals surface area contributed by atoms with Gasteiger partial charge in [0.15, 0.2) is 0 Å². The summed E-state index contributed by atoms with van der Waals surface area (Å²) in [5.41, 5.74) is 2.87. The maximum atomic E-state index is 13.1. The third-order valence-corrected chi connectivity index (χ3v) is 10.8. The zero-order chi connectivity index (χ0) is 19.7. The summed E-state index contributed by atoms with van der Waals surface area (Å²) in [5.74, 6) is 3.39. The van der Waals surface area contributed by atoms with E-state index in [0.29, 0.717) is 11.7 Å². The highest BCUT2D eigenvalue weighted by Gasteiger charge is 2.69. The lowest BCUT2D eigenvalue weighted by molar-refractivity contribution is -0.147. The second kappa shape index (κ2) is 6.19. The number of nitrogens with zero attached hydrogens (tertiary/aromatic N) is 1. The molecule has 0 amide bonds. The third kappa shape index (κ3) is 2.17. The molecule has 0 spiro atoms. The molecule has 0 aliphatic heterocycles. The van der Waals surface area contributed by atoms with Crippen LogP contribution in [-0.4, -0.2) is 16.7 Å². The van der Waals surface area contributed by atoms with E-state index in [0.717, 1.165) is 49.1 Å². The second-order valence-electron chi connectivity index (χ2n) is 11.3. The zero-order valence-corrected chi connectivity index (χ0v) is 18.0. The van der Waals surface area contributed by atoms with Crippen molar-refractivity contribution in [3.63, 3.8) is 0 Å². The van der Waals surface area contributed by atoms with Crippen LogP contribution in [0, 0.1) is 39.9 Å². The second-order valence-corrected chi connectivity index (χ2v) is 11.3. The molecule has 0 unspecified atom stereocenters. The van der Waals surface area contributed by atoms with Crippen LogP contribution in [0.4, 0.5) is 0 Å². The fourth-order valence-corrected chi connectivity index (χ4v) is 9.45. The Morgan fingerprint density at radius 1 is 1.07 bits per heavy atom. The Balaban J connectivity index is 1.53. The van der Waals surface area contributed by atoms with Gasteiger partial charge in [0.25, 0.3) is 0 Å². The van der Waals surface area contributed by atoms with Gasteiger partial charge in [-0.1, -0.05) is 37.4 Å². The molecular formula is C25H37NO2. The summed E-state index contributed by atoms with van der Waals surface area (Å²) in [4.78, 5) is 13.1. The molecule has 4 saturated carbocycles. The minimum Gasteiger partial charge on any atom is -0.411 e. The lowest BCUT2D eigenvalue weighted by Crippen LogP contribution is -2.55. The van der Waals surface area contributed by atoms with Crippen molar-refractivity contribution in [3.05, 3.63) is 11.6 Å². The maximum Gasteiger partial charge on any atom is 0.136 e. The molecule has 5 rings (SSSR count). The highest BCUT2D eigenvalue weighted by Crippen LogP contribution is 2.74. The van der Waals surface area contributed by atoms with Crippen molar-refractivity contribution in [2.24, 2.45) is 45.1 Å². The van der Waals surface area contributed by atoms with Gasteiger partial charge in [-0.3, -0.25) is 4.79 Å². The molecule has 28 heavy (non-hydrogen) atoms. The first-order valence-electron chi connectivity index (χ1n) is 11.8. The summed E-state index contributed by atoms with van der Waals surface area (Å²) in [6.07, 6.45) is 15.5. The number of allylic oxidation sites excluding steroid dienone is 2. The van der Waals surface area contributed by atoms with Crippen molar-refractivity contribution in [1.82, 2.24) is 0 Å². The Bertz CT molecular complexity index is 754. The number of oxime groups is 1. The smallest absolute Gasteiger partial charge is 0.136 e. The largest absolute Gasteiger partial charge is 0.411 e. The fourth-order valence-electron chi connectivity index (χ4n) is 9.45. The van der Waals surface area contributed by atoms with Crippen LogP contribution in [0.25, 0.3) is 0 Å². The van der Waals surface area contributed by atoms with E-state index in [1.165, 1.54) is 50.5 Å². The number of hydrogen-bond acceptors (Lipinski definition) is 3. The molecule has 0 heterocycles. The van der Waals surface area contributed by atoms with Gasteiger partial charge in [0, 0.05) is 5.41 Å². The number of hydrogen-bond donors (Lipinski definition) is 1. The first-order chi connectivity index (χ1) is 13.4. The van der Waals surface area contributed by atoms with Crippen molar-refractivity contribution >= 4 is 11.5 Å². The molecule has 3 nitrogen and oxygen atoms in total. The molecule has 1 N–H and O–H groups in total. The molecule has 0 aromatic heterocycles. The highest BCUT2D eigenvalue weighted by molar-refractivity contribution is 5.96. The topological polar surface area (TPSA) is 49.7 Å². The molecule has 4 fully saturated rings. The molecule has 5 aliphatic rings. The number of rotatable bonds is 1. The number of fused-ring (bicyclic) bond motifs is 7. The van der Waals surface area contributed by atoms with Crippen molar-refractivity contribution in [1.29, 1.82) is 0 Å². The van der Waals surface area contributed by atoms with Crippen molar-refractivity contribution in [2.75, 3.05) is 0 Å². The summed E-state index contributed by atoms with van der Waals surface area (Å²) in [7, 11) is 0. The SMILES string of the molecule is CC(=O)[C@@]12CCCC[C@@H]1C[C@H]1[C@@H]3CCC4=C/C(=N\O)CC[C@]4(C)[C@H]3CC[C@@]12C. The van der Waals surface area contributed by atoms with Crippen LogP contribution in [0.5, 0.6) is 0 Å². The van der Waals surface area contributed by atoms with E-state index < -0.39 is 0 Å². The molecular weight excluding hydrogens is 346 g/mol. The fraction of sp³-hybridized carbons (Fsp3) is 0.840. The lowest BCUT2D eigenvalue weighted by atomic mass is 9.44. The molecule has 0 aromatic carbocycles. The first kappa shape index (κ1) is 18.9. The average molecular weight is 384 g/mol. The van der Waals surface area contributed by atoms with Gasteiger partial charge in [-0.25, -0.2) is 0 Å². The van der Waals surface area contributed by atoms with Gasteiger partial charge in [-0.05, 0) is 105 Å². The molecule has 0 aromatic rings. The lowest BCUT2D eigenvalue weighted by Gasteiger charge is -2.60. The quantitative estimate of drug-likeness (QED) is 0.436. The minimum atomic E-state index is -0.0266. The van der Waals surface area contributed by atoms with E-state index in [9.17, 15) is 10.0 Å². The Kier molecular flexibility index (Phi) is 4.17. The molecule has 0 saturated heterocycles. The number of carbonyl (C=O) groups is 1. The van der Waals surface area contributed by atoms with E-state index in [1.807, 2.05) is 6.92 Å². The van der Waals surface area contributed by atoms with Crippen LogP contribution in [-0.2, 0) is 4.79 Å². The van der Waals surface area contributed by atoms with Crippen LogP contribution in [0.2, 0.25) is 0 Å². The van der Waals surface area contributed by atoms with Crippen LogP contribution in [0.15, 0.2) is 16.8 Å². The monoisotopic (exact) mass is 383 g/mol. The van der Waals surface area contributed by atoms with Crippen LogP contribution >= 0.6 is 0 Å². The standard InChI is InChI=1S/C25H37NO2/c1-16(27)25-11-5-4-6-18(25)15-22-20-8-7-17-14-19(26-28)9-12-23(17,2)21(20)10-13-24(22,25)3/h14,18,20-22,28H,4-13,15H2,1-3H3/b26-19-/t18-,20-,21+,22+,23+,24+,25+/m1/s1. The Hall–Kier alpha value is -1.12. The van der Waals surface area contributed by atoms with Gasteiger partial charge < -0.3 is 5.21 Å². The average Bonchev–Trinajstić information content (AvgIpc) is 2.97.